The Bertz CT molecular complexity index is 951. The molecule has 0 aliphatic carbocycles. The fourth-order valence-electron chi connectivity index (χ4n) is 2.85. The highest BCUT2D eigenvalue weighted by Gasteiger charge is 2.21. The van der Waals surface area contributed by atoms with E-state index in [9.17, 15) is 4.79 Å². The van der Waals surface area contributed by atoms with E-state index in [1.54, 1.807) is 6.07 Å². The second kappa shape index (κ2) is 6.37. The highest BCUT2D eigenvalue weighted by Crippen LogP contribution is 2.33. The molecule has 2 heterocycles. The van der Waals surface area contributed by atoms with Crippen LogP contribution in [0.2, 0.25) is 0 Å². The predicted octanol–water partition coefficient (Wildman–Crippen LogP) is 4.68. The van der Waals surface area contributed by atoms with E-state index >= 15 is 0 Å². The van der Waals surface area contributed by atoms with Crippen molar-refractivity contribution >= 4 is 27.5 Å². The van der Waals surface area contributed by atoms with Crippen molar-refractivity contribution in [3.8, 4) is 17.1 Å². The van der Waals surface area contributed by atoms with Gasteiger partial charge < -0.3 is 14.6 Å². The Balaban J connectivity index is 1.54. The van der Waals surface area contributed by atoms with Crippen molar-refractivity contribution < 1.29 is 14.1 Å². The van der Waals surface area contributed by atoms with Gasteiger partial charge in [0.05, 0.1) is 0 Å². The van der Waals surface area contributed by atoms with E-state index < -0.39 is 0 Å². The molecule has 1 aromatic heterocycles. The molecule has 0 saturated heterocycles. The monoisotopic (exact) mass is 398 g/mol. The van der Waals surface area contributed by atoms with E-state index in [1.807, 2.05) is 49.4 Å². The molecule has 1 amide bonds. The van der Waals surface area contributed by atoms with E-state index in [4.69, 9.17) is 9.26 Å². The number of nitrogens with zero attached hydrogens (tertiary/aromatic N) is 1. The van der Waals surface area contributed by atoms with Crippen molar-refractivity contribution in [3.63, 3.8) is 0 Å². The normalized spacial score (nSPS) is 15.5. The van der Waals surface area contributed by atoms with Crippen LogP contribution in [-0.4, -0.2) is 17.2 Å². The van der Waals surface area contributed by atoms with E-state index in [1.165, 1.54) is 0 Å². The number of hydrogen-bond donors (Lipinski definition) is 1. The zero-order valence-electron chi connectivity index (χ0n) is 13.5. The van der Waals surface area contributed by atoms with Gasteiger partial charge in [-0.15, -0.1) is 0 Å². The molecular formula is C19H15BrN2O3. The molecule has 0 saturated carbocycles. The Morgan fingerprint density at radius 2 is 2.12 bits per heavy atom. The predicted molar refractivity (Wildman–Crippen MR) is 97.8 cm³/mol. The zero-order valence-corrected chi connectivity index (χ0v) is 15.0. The number of ether oxygens (including phenoxy) is 1. The molecule has 1 N–H and O–H groups in total. The molecule has 1 aliphatic heterocycles. The van der Waals surface area contributed by atoms with Crippen LogP contribution < -0.4 is 10.1 Å². The number of fused-ring (bicyclic) bond motifs is 1. The minimum atomic E-state index is -0.314. The number of nitrogens with one attached hydrogen (secondary N) is 1. The van der Waals surface area contributed by atoms with E-state index in [-0.39, 0.29) is 17.7 Å². The minimum Gasteiger partial charge on any atom is -0.490 e. The van der Waals surface area contributed by atoms with Crippen LogP contribution in [0, 0.1) is 0 Å². The molecule has 4 rings (SSSR count). The first-order valence-corrected chi connectivity index (χ1v) is 8.71. The van der Waals surface area contributed by atoms with Crippen LogP contribution >= 0.6 is 15.9 Å². The van der Waals surface area contributed by atoms with Gasteiger partial charge >= 0.3 is 0 Å². The van der Waals surface area contributed by atoms with Crippen molar-refractivity contribution in [1.29, 1.82) is 0 Å². The molecule has 0 fully saturated rings. The van der Waals surface area contributed by atoms with Gasteiger partial charge in [-0.2, -0.15) is 0 Å². The van der Waals surface area contributed by atoms with Crippen molar-refractivity contribution in [1.82, 2.24) is 5.16 Å². The summed E-state index contributed by atoms with van der Waals surface area (Å²) in [7, 11) is 0. The molecule has 0 radical (unpaired) electrons. The van der Waals surface area contributed by atoms with E-state index in [0.29, 0.717) is 11.4 Å². The Labute approximate surface area is 153 Å². The van der Waals surface area contributed by atoms with Crippen LogP contribution in [0.5, 0.6) is 5.75 Å². The van der Waals surface area contributed by atoms with Gasteiger partial charge in [-0.05, 0) is 48.9 Å². The van der Waals surface area contributed by atoms with Crippen molar-refractivity contribution in [2.75, 3.05) is 5.32 Å². The quantitative estimate of drug-likeness (QED) is 0.695. The van der Waals surface area contributed by atoms with Gasteiger partial charge in [-0.3, -0.25) is 4.79 Å². The summed E-state index contributed by atoms with van der Waals surface area (Å²) in [5, 5.41) is 6.69. The van der Waals surface area contributed by atoms with Gasteiger partial charge in [-0.25, -0.2) is 0 Å². The maximum Gasteiger partial charge on any atom is 0.277 e. The largest absolute Gasteiger partial charge is 0.490 e. The third kappa shape index (κ3) is 3.30. The summed E-state index contributed by atoms with van der Waals surface area (Å²) in [4.78, 5) is 12.3. The first-order chi connectivity index (χ1) is 12.1. The first-order valence-electron chi connectivity index (χ1n) is 7.92. The van der Waals surface area contributed by atoms with E-state index in [0.717, 1.165) is 27.8 Å². The van der Waals surface area contributed by atoms with Crippen LogP contribution in [0.1, 0.15) is 23.0 Å². The molecule has 0 bridgehead atoms. The lowest BCUT2D eigenvalue weighted by Crippen LogP contribution is -2.11. The third-order valence-corrected chi connectivity index (χ3v) is 4.50. The third-order valence-electron chi connectivity index (χ3n) is 4.01. The van der Waals surface area contributed by atoms with Crippen LogP contribution in [0.4, 0.5) is 5.69 Å². The Morgan fingerprint density at radius 3 is 2.96 bits per heavy atom. The van der Waals surface area contributed by atoms with Crippen molar-refractivity contribution in [3.05, 3.63) is 64.3 Å². The van der Waals surface area contributed by atoms with Crippen LogP contribution in [0.3, 0.4) is 0 Å². The van der Waals surface area contributed by atoms with Gasteiger partial charge in [0.2, 0.25) is 0 Å². The number of carbonyl (C=O) groups is 1. The number of anilines is 1. The highest BCUT2D eigenvalue weighted by atomic mass is 79.9. The second-order valence-electron chi connectivity index (χ2n) is 6.00. The summed E-state index contributed by atoms with van der Waals surface area (Å²) in [5.41, 5.74) is 2.94. The Kier molecular flexibility index (Phi) is 4.05. The van der Waals surface area contributed by atoms with Crippen molar-refractivity contribution in [2.24, 2.45) is 0 Å². The number of benzene rings is 2. The first kappa shape index (κ1) is 15.9. The lowest BCUT2D eigenvalue weighted by molar-refractivity contribution is 0.101. The average Bonchev–Trinajstić information content (AvgIpc) is 3.19. The maximum absolute atomic E-state index is 12.3. The molecule has 1 atom stereocenters. The molecule has 2 aromatic carbocycles. The summed E-state index contributed by atoms with van der Waals surface area (Å²) in [6.07, 6.45) is 1.06. The number of amides is 1. The fraction of sp³-hybridized carbons (Fsp3) is 0.158. The SMILES string of the molecule is CC1Cc2cc(-c3cc(C(=O)Nc4cccc(Br)c4)no3)ccc2O1. The average molecular weight is 399 g/mol. The van der Waals surface area contributed by atoms with Gasteiger partial charge in [0.1, 0.15) is 11.9 Å². The molecule has 1 unspecified atom stereocenters. The fourth-order valence-corrected chi connectivity index (χ4v) is 3.25. The molecule has 126 valence electrons. The number of carbonyl (C=O) groups excluding carboxylic acids is 1. The summed E-state index contributed by atoms with van der Waals surface area (Å²) in [6.45, 7) is 2.04. The van der Waals surface area contributed by atoms with E-state index in [2.05, 4.69) is 26.4 Å². The number of halogens is 1. The van der Waals surface area contributed by atoms with Gasteiger partial charge in [0, 0.05) is 28.2 Å². The lowest BCUT2D eigenvalue weighted by atomic mass is 10.1. The van der Waals surface area contributed by atoms with Gasteiger partial charge in [-0.1, -0.05) is 27.2 Å². The summed E-state index contributed by atoms with van der Waals surface area (Å²) < 4.78 is 12.0. The minimum absolute atomic E-state index is 0.187. The van der Waals surface area contributed by atoms with Crippen LogP contribution in [0.25, 0.3) is 11.3 Å². The number of rotatable bonds is 3. The van der Waals surface area contributed by atoms with Gasteiger partial charge in [0.15, 0.2) is 11.5 Å². The molecule has 3 aromatic rings. The number of aromatic nitrogens is 1. The maximum atomic E-state index is 12.3. The summed E-state index contributed by atoms with van der Waals surface area (Å²) >= 11 is 3.38. The molecule has 1 aliphatic rings. The highest BCUT2D eigenvalue weighted by molar-refractivity contribution is 9.10. The molecule has 0 spiro atoms. The molecular weight excluding hydrogens is 384 g/mol. The van der Waals surface area contributed by atoms with Crippen LogP contribution in [-0.2, 0) is 6.42 Å². The molecule has 6 heteroatoms. The van der Waals surface area contributed by atoms with Crippen molar-refractivity contribution in [2.45, 2.75) is 19.4 Å². The second-order valence-corrected chi connectivity index (χ2v) is 6.91. The standard InChI is InChI=1S/C19H15BrN2O3/c1-11-7-13-8-12(5-6-17(13)24-11)18-10-16(22-25-18)19(23)21-15-4-2-3-14(20)9-15/h2-6,8-11H,7H2,1H3,(H,21,23). The Hall–Kier alpha value is -2.60. The topological polar surface area (TPSA) is 64.4 Å². The van der Waals surface area contributed by atoms with Crippen LogP contribution in [0.15, 0.2) is 57.5 Å². The smallest absolute Gasteiger partial charge is 0.277 e. The number of hydrogen-bond acceptors (Lipinski definition) is 4. The molecule has 25 heavy (non-hydrogen) atoms. The Morgan fingerprint density at radius 1 is 1.24 bits per heavy atom. The molecule has 5 nitrogen and oxygen atoms in total. The zero-order chi connectivity index (χ0) is 17.4. The summed E-state index contributed by atoms with van der Waals surface area (Å²) in [6, 6.07) is 14.9. The van der Waals surface area contributed by atoms with Gasteiger partial charge in [0.25, 0.3) is 5.91 Å². The lowest BCUT2D eigenvalue weighted by Gasteiger charge is -2.02. The summed E-state index contributed by atoms with van der Waals surface area (Å²) in [5.74, 6) is 1.15.